The minimum absolute atomic E-state index is 0.00822. The van der Waals surface area contributed by atoms with Gasteiger partial charge < -0.3 is 35.6 Å². The Labute approximate surface area is 246 Å². The number of urea groups is 1. The summed E-state index contributed by atoms with van der Waals surface area (Å²) in [4.78, 5) is 64.7. The molecule has 0 aliphatic heterocycles. The van der Waals surface area contributed by atoms with Gasteiger partial charge in [-0.1, -0.05) is 32.0 Å². The van der Waals surface area contributed by atoms with Gasteiger partial charge >= 0.3 is 12.0 Å². The second-order valence-electron chi connectivity index (χ2n) is 10.2. The number of hydrogen-bond donors (Lipinski definition) is 4. The molecule has 0 atom stereocenters. The third-order valence-corrected chi connectivity index (χ3v) is 6.28. The van der Waals surface area contributed by atoms with E-state index in [-0.39, 0.29) is 45.0 Å². The number of ether oxygens (including phenoxy) is 1. The minimum Gasteiger partial charge on any atom is -0.481 e. The van der Waals surface area contributed by atoms with Crippen molar-refractivity contribution >= 4 is 46.8 Å². The Balaban J connectivity index is 2.01. The van der Waals surface area contributed by atoms with Gasteiger partial charge in [0.1, 0.15) is 0 Å². The standard InChI is InChI=1S/C30H41N5O7/c1-21(2)13-16-34(28(38)20-35(17-14-29(39)40)27(37)15-18-42-4)19-26(36)31-23-9-11-24(12-10-23)32-30(41)33-25-8-6-5-7-22(25)3/h5-12,21H,13-20H2,1-4H3,(H,31,36)(H,39,40)(H2,32,33,41). The summed E-state index contributed by atoms with van der Waals surface area (Å²) in [5.41, 5.74) is 2.61. The van der Waals surface area contributed by atoms with Crippen molar-refractivity contribution in [2.45, 2.75) is 40.0 Å². The Bertz CT molecular complexity index is 1220. The molecule has 0 bridgehead atoms. The molecule has 0 heterocycles. The summed E-state index contributed by atoms with van der Waals surface area (Å²) in [6.07, 6.45) is 0.335. The number of aliphatic carboxylic acids is 1. The van der Waals surface area contributed by atoms with Crippen molar-refractivity contribution in [1.82, 2.24) is 9.80 Å². The van der Waals surface area contributed by atoms with E-state index in [0.717, 1.165) is 5.56 Å². The fourth-order valence-electron chi connectivity index (χ4n) is 3.85. The molecular formula is C30H41N5O7. The van der Waals surface area contributed by atoms with Crippen LogP contribution in [0.3, 0.4) is 0 Å². The van der Waals surface area contributed by atoms with Crippen molar-refractivity contribution in [1.29, 1.82) is 0 Å². The van der Waals surface area contributed by atoms with E-state index in [2.05, 4.69) is 16.0 Å². The van der Waals surface area contributed by atoms with E-state index in [9.17, 15) is 24.0 Å². The molecule has 12 heteroatoms. The van der Waals surface area contributed by atoms with E-state index in [1.807, 2.05) is 39.0 Å². The van der Waals surface area contributed by atoms with E-state index in [1.54, 1.807) is 30.3 Å². The van der Waals surface area contributed by atoms with Crippen molar-refractivity contribution in [2.75, 3.05) is 55.8 Å². The molecule has 42 heavy (non-hydrogen) atoms. The molecule has 0 fully saturated rings. The van der Waals surface area contributed by atoms with E-state index in [1.165, 1.54) is 16.9 Å². The predicted octanol–water partition coefficient (Wildman–Crippen LogP) is 3.79. The summed E-state index contributed by atoms with van der Waals surface area (Å²) in [5.74, 6) is -2.12. The predicted molar refractivity (Wildman–Crippen MR) is 160 cm³/mol. The molecule has 12 nitrogen and oxygen atoms in total. The maximum atomic E-state index is 13.2. The average Bonchev–Trinajstić information content (AvgIpc) is 2.93. The number of hydrogen-bond acceptors (Lipinski definition) is 6. The number of nitrogens with one attached hydrogen (secondary N) is 3. The summed E-state index contributed by atoms with van der Waals surface area (Å²) in [5, 5.41) is 17.3. The van der Waals surface area contributed by atoms with Crippen LogP contribution in [0.25, 0.3) is 0 Å². The highest BCUT2D eigenvalue weighted by Gasteiger charge is 2.23. The molecule has 0 aliphatic rings. The topological polar surface area (TPSA) is 157 Å². The first kappa shape index (κ1) is 33.8. The number of carbonyl (C=O) groups is 5. The fraction of sp³-hybridized carbons (Fsp3) is 0.433. The molecule has 2 aromatic rings. The first-order chi connectivity index (χ1) is 20.0. The number of aryl methyl sites for hydroxylation is 1. The van der Waals surface area contributed by atoms with Gasteiger partial charge in [-0.15, -0.1) is 0 Å². The second-order valence-corrected chi connectivity index (χ2v) is 10.2. The van der Waals surface area contributed by atoms with Gasteiger partial charge in [-0.2, -0.15) is 0 Å². The van der Waals surface area contributed by atoms with Crippen molar-refractivity contribution in [3.63, 3.8) is 0 Å². The van der Waals surface area contributed by atoms with Gasteiger partial charge in [0.25, 0.3) is 0 Å². The molecule has 228 valence electrons. The number of carboxylic acid groups (broad SMARTS) is 1. The Morgan fingerprint density at radius 3 is 2.02 bits per heavy atom. The Morgan fingerprint density at radius 1 is 0.810 bits per heavy atom. The summed E-state index contributed by atoms with van der Waals surface area (Å²) in [7, 11) is 1.44. The molecule has 2 rings (SSSR count). The fourth-order valence-corrected chi connectivity index (χ4v) is 3.85. The Hall–Kier alpha value is -4.45. The van der Waals surface area contributed by atoms with E-state index in [4.69, 9.17) is 9.84 Å². The smallest absolute Gasteiger partial charge is 0.323 e. The van der Waals surface area contributed by atoms with Crippen LogP contribution in [-0.4, -0.2) is 84.5 Å². The van der Waals surface area contributed by atoms with Gasteiger partial charge in [0, 0.05) is 37.3 Å². The number of nitrogens with zero attached hydrogens (tertiary/aromatic N) is 2. The second kappa shape index (κ2) is 17.4. The van der Waals surface area contributed by atoms with Crippen molar-refractivity contribution < 1.29 is 33.8 Å². The van der Waals surface area contributed by atoms with E-state index >= 15 is 0 Å². The zero-order valence-electron chi connectivity index (χ0n) is 24.6. The minimum atomic E-state index is -1.09. The monoisotopic (exact) mass is 583 g/mol. The quantitative estimate of drug-likeness (QED) is 0.234. The highest BCUT2D eigenvalue weighted by Crippen LogP contribution is 2.16. The first-order valence-corrected chi connectivity index (χ1v) is 13.8. The van der Waals surface area contributed by atoms with Gasteiger partial charge in [0.15, 0.2) is 0 Å². The van der Waals surface area contributed by atoms with Crippen LogP contribution in [0.5, 0.6) is 0 Å². The number of rotatable bonds is 16. The highest BCUT2D eigenvalue weighted by atomic mass is 16.5. The maximum Gasteiger partial charge on any atom is 0.323 e. The van der Waals surface area contributed by atoms with Crippen LogP contribution in [0, 0.1) is 12.8 Å². The molecular weight excluding hydrogens is 542 g/mol. The Morgan fingerprint density at radius 2 is 1.43 bits per heavy atom. The van der Waals surface area contributed by atoms with Crippen LogP contribution in [0.4, 0.5) is 21.9 Å². The summed E-state index contributed by atoms with van der Waals surface area (Å²) in [6, 6.07) is 13.5. The normalized spacial score (nSPS) is 10.6. The molecule has 0 spiro atoms. The SMILES string of the molecule is COCCC(=O)N(CCC(=O)O)CC(=O)N(CCC(C)C)CC(=O)Nc1ccc(NC(=O)Nc2ccccc2C)cc1. The summed E-state index contributed by atoms with van der Waals surface area (Å²) in [6.45, 7) is 5.60. The van der Waals surface area contributed by atoms with Crippen LogP contribution >= 0.6 is 0 Å². The largest absolute Gasteiger partial charge is 0.481 e. The van der Waals surface area contributed by atoms with Crippen LogP contribution < -0.4 is 16.0 Å². The lowest BCUT2D eigenvalue weighted by Crippen LogP contribution is -2.46. The van der Waals surface area contributed by atoms with Crippen molar-refractivity contribution in [3.05, 3.63) is 54.1 Å². The van der Waals surface area contributed by atoms with Gasteiger partial charge in [-0.05, 0) is 55.2 Å². The first-order valence-electron chi connectivity index (χ1n) is 13.8. The van der Waals surface area contributed by atoms with Crippen molar-refractivity contribution in [3.8, 4) is 0 Å². The number of benzene rings is 2. The molecule has 0 aliphatic carbocycles. The van der Waals surface area contributed by atoms with Crippen LogP contribution in [0.1, 0.15) is 38.7 Å². The van der Waals surface area contributed by atoms with Gasteiger partial charge in [-0.25, -0.2) is 4.79 Å². The molecule has 0 aromatic heterocycles. The Kier molecular flexibility index (Phi) is 14.0. The number of para-hydroxylation sites is 1. The average molecular weight is 584 g/mol. The number of amides is 5. The lowest BCUT2D eigenvalue weighted by Gasteiger charge is -2.27. The van der Waals surface area contributed by atoms with Gasteiger partial charge in [-0.3, -0.25) is 19.2 Å². The third kappa shape index (κ3) is 12.4. The molecule has 4 N–H and O–H groups in total. The van der Waals surface area contributed by atoms with Crippen LogP contribution in [0.2, 0.25) is 0 Å². The number of carbonyl (C=O) groups excluding carboxylic acids is 4. The van der Waals surface area contributed by atoms with Crippen LogP contribution in [0.15, 0.2) is 48.5 Å². The lowest BCUT2D eigenvalue weighted by atomic mass is 10.1. The summed E-state index contributed by atoms with van der Waals surface area (Å²) < 4.78 is 4.93. The summed E-state index contributed by atoms with van der Waals surface area (Å²) >= 11 is 0. The van der Waals surface area contributed by atoms with Gasteiger partial charge in [0.05, 0.1) is 32.5 Å². The third-order valence-electron chi connectivity index (χ3n) is 6.28. The molecule has 0 saturated carbocycles. The highest BCUT2D eigenvalue weighted by molar-refractivity contribution is 6.00. The molecule has 0 saturated heterocycles. The van der Waals surface area contributed by atoms with E-state index in [0.29, 0.717) is 30.0 Å². The maximum absolute atomic E-state index is 13.2. The number of anilines is 3. The zero-order valence-corrected chi connectivity index (χ0v) is 24.6. The molecule has 0 radical (unpaired) electrons. The molecule has 0 unspecified atom stereocenters. The lowest BCUT2D eigenvalue weighted by molar-refractivity contribution is -0.144. The number of methoxy groups -OCH3 is 1. The molecule has 5 amide bonds. The zero-order chi connectivity index (χ0) is 31.1. The van der Waals surface area contributed by atoms with Gasteiger partial charge in [0.2, 0.25) is 17.7 Å². The van der Waals surface area contributed by atoms with Crippen LogP contribution in [-0.2, 0) is 23.9 Å². The van der Waals surface area contributed by atoms with E-state index < -0.39 is 29.7 Å². The number of carboxylic acids is 1. The van der Waals surface area contributed by atoms with Crippen molar-refractivity contribution in [2.24, 2.45) is 5.92 Å². The molecule has 2 aromatic carbocycles.